The number of carbonyl (C=O) groups is 1. The smallest absolute Gasteiger partial charge is 0.237 e. The molecule has 1 amide bonds. The van der Waals surface area contributed by atoms with E-state index in [1.165, 1.54) is 32.1 Å². The molecule has 17 heavy (non-hydrogen) atoms. The summed E-state index contributed by atoms with van der Waals surface area (Å²) in [6.45, 7) is 5.23. The highest BCUT2D eigenvalue weighted by Gasteiger charge is 2.40. The van der Waals surface area contributed by atoms with Crippen LogP contribution in [0.15, 0.2) is 0 Å². The predicted octanol–water partition coefficient (Wildman–Crippen LogP) is 2.21. The number of nitrogens with one attached hydrogen (secondary N) is 2. The second-order valence-corrected chi connectivity index (χ2v) is 5.95. The van der Waals surface area contributed by atoms with Gasteiger partial charge in [0.1, 0.15) is 0 Å². The van der Waals surface area contributed by atoms with Crippen LogP contribution in [0.2, 0.25) is 0 Å². The highest BCUT2D eigenvalue weighted by Crippen LogP contribution is 2.47. The van der Waals surface area contributed by atoms with Gasteiger partial charge in [0.25, 0.3) is 0 Å². The Morgan fingerprint density at radius 3 is 2.53 bits per heavy atom. The van der Waals surface area contributed by atoms with Crippen molar-refractivity contribution in [2.45, 2.75) is 70.9 Å². The van der Waals surface area contributed by atoms with E-state index in [0.29, 0.717) is 11.5 Å². The van der Waals surface area contributed by atoms with Gasteiger partial charge in [-0.3, -0.25) is 4.79 Å². The zero-order valence-electron chi connectivity index (χ0n) is 11.2. The first-order valence-corrected chi connectivity index (χ1v) is 7.19. The second-order valence-electron chi connectivity index (χ2n) is 5.95. The standard InChI is InChI=1S/C14H26N2O/c1-3-14(8-9-14)10-15-11(2)13(17)16-12-6-4-5-7-12/h11-12,15H,3-10H2,1-2H3,(H,16,17). The molecule has 0 aromatic rings. The van der Waals surface area contributed by atoms with Gasteiger partial charge in [0.05, 0.1) is 6.04 Å². The molecule has 0 saturated heterocycles. The van der Waals surface area contributed by atoms with Crippen molar-refractivity contribution in [2.75, 3.05) is 6.54 Å². The summed E-state index contributed by atoms with van der Waals surface area (Å²) in [7, 11) is 0. The van der Waals surface area contributed by atoms with Crippen molar-refractivity contribution >= 4 is 5.91 Å². The molecule has 0 spiro atoms. The van der Waals surface area contributed by atoms with E-state index in [2.05, 4.69) is 17.6 Å². The summed E-state index contributed by atoms with van der Waals surface area (Å²) in [6, 6.07) is 0.396. The van der Waals surface area contributed by atoms with Gasteiger partial charge in [-0.15, -0.1) is 0 Å². The summed E-state index contributed by atoms with van der Waals surface area (Å²) >= 11 is 0. The Kier molecular flexibility index (Phi) is 4.08. The first-order valence-electron chi connectivity index (χ1n) is 7.19. The SMILES string of the molecule is CCC1(CNC(C)C(=O)NC2CCCC2)CC1. The zero-order chi connectivity index (χ0) is 12.3. The predicted molar refractivity (Wildman–Crippen MR) is 69.8 cm³/mol. The third-order valence-corrected chi connectivity index (χ3v) is 4.59. The maximum absolute atomic E-state index is 12.0. The average molecular weight is 238 g/mol. The minimum atomic E-state index is -0.0420. The maximum atomic E-state index is 12.0. The van der Waals surface area contributed by atoms with Crippen molar-refractivity contribution < 1.29 is 4.79 Å². The summed E-state index contributed by atoms with van der Waals surface area (Å²) in [6.07, 6.45) is 8.75. The summed E-state index contributed by atoms with van der Waals surface area (Å²) in [5.74, 6) is 0.184. The van der Waals surface area contributed by atoms with Gasteiger partial charge < -0.3 is 10.6 Å². The summed E-state index contributed by atoms with van der Waals surface area (Å²) in [4.78, 5) is 12.0. The molecule has 2 rings (SSSR count). The van der Waals surface area contributed by atoms with E-state index in [0.717, 1.165) is 19.4 Å². The third-order valence-electron chi connectivity index (χ3n) is 4.59. The molecule has 0 aromatic heterocycles. The van der Waals surface area contributed by atoms with Crippen LogP contribution in [-0.4, -0.2) is 24.5 Å². The van der Waals surface area contributed by atoms with Crippen LogP contribution < -0.4 is 10.6 Å². The molecule has 3 nitrogen and oxygen atoms in total. The molecule has 0 aromatic carbocycles. The molecule has 2 fully saturated rings. The van der Waals surface area contributed by atoms with Crippen molar-refractivity contribution in [3.63, 3.8) is 0 Å². The lowest BCUT2D eigenvalue weighted by Crippen LogP contribution is -2.46. The summed E-state index contributed by atoms with van der Waals surface area (Å²) in [5, 5.41) is 6.55. The average Bonchev–Trinajstić information content (AvgIpc) is 2.95. The van der Waals surface area contributed by atoms with Gasteiger partial charge in [0.2, 0.25) is 5.91 Å². The van der Waals surface area contributed by atoms with Crippen LogP contribution >= 0.6 is 0 Å². The molecular weight excluding hydrogens is 212 g/mol. The fraction of sp³-hybridized carbons (Fsp3) is 0.929. The quantitative estimate of drug-likeness (QED) is 0.745. The Bertz CT molecular complexity index is 267. The van der Waals surface area contributed by atoms with E-state index in [4.69, 9.17) is 0 Å². The van der Waals surface area contributed by atoms with Crippen LogP contribution in [0.3, 0.4) is 0 Å². The first kappa shape index (κ1) is 12.9. The monoisotopic (exact) mass is 238 g/mol. The molecule has 3 heteroatoms. The number of amides is 1. The Hall–Kier alpha value is -0.570. The van der Waals surface area contributed by atoms with Crippen LogP contribution in [0.5, 0.6) is 0 Å². The minimum absolute atomic E-state index is 0.0420. The number of rotatable bonds is 6. The molecule has 2 aliphatic carbocycles. The fourth-order valence-electron chi connectivity index (χ4n) is 2.69. The molecule has 0 aliphatic heterocycles. The van der Waals surface area contributed by atoms with Gasteiger partial charge in [0.15, 0.2) is 0 Å². The number of hydrogen-bond donors (Lipinski definition) is 2. The summed E-state index contributed by atoms with van der Waals surface area (Å²) < 4.78 is 0. The Morgan fingerprint density at radius 1 is 1.35 bits per heavy atom. The lowest BCUT2D eigenvalue weighted by molar-refractivity contribution is -0.123. The fourth-order valence-corrected chi connectivity index (χ4v) is 2.69. The van der Waals surface area contributed by atoms with Crippen LogP contribution in [0.1, 0.15) is 58.8 Å². The highest BCUT2D eigenvalue weighted by molar-refractivity contribution is 5.81. The van der Waals surface area contributed by atoms with Crippen molar-refractivity contribution in [3.8, 4) is 0 Å². The Labute approximate surface area is 105 Å². The molecular formula is C14H26N2O. The number of carbonyl (C=O) groups excluding carboxylic acids is 1. The maximum Gasteiger partial charge on any atom is 0.237 e. The molecule has 0 radical (unpaired) electrons. The Morgan fingerprint density at radius 2 is 2.00 bits per heavy atom. The molecule has 2 saturated carbocycles. The van der Waals surface area contributed by atoms with E-state index in [1.807, 2.05) is 6.92 Å². The molecule has 0 bridgehead atoms. The van der Waals surface area contributed by atoms with Gasteiger partial charge in [-0.05, 0) is 44.4 Å². The minimum Gasteiger partial charge on any atom is -0.352 e. The van der Waals surface area contributed by atoms with Crippen LogP contribution in [0.25, 0.3) is 0 Å². The van der Waals surface area contributed by atoms with Gasteiger partial charge in [-0.1, -0.05) is 19.8 Å². The lowest BCUT2D eigenvalue weighted by Gasteiger charge is -2.20. The van der Waals surface area contributed by atoms with Gasteiger partial charge in [-0.25, -0.2) is 0 Å². The molecule has 2 N–H and O–H groups in total. The van der Waals surface area contributed by atoms with Gasteiger partial charge >= 0.3 is 0 Å². The normalized spacial score (nSPS) is 24.6. The van der Waals surface area contributed by atoms with E-state index in [1.54, 1.807) is 0 Å². The van der Waals surface area contributed by atoms with Crippen molar-refractivity contribution in [3.05, 3.63) is 0 Å². The van der Waals surface area contributed by atoms with Crippen molar-refractivity contribution in [1.29, 1.82) is 0 Å². The van der Waals surface area contributed by atoms with Gasteiger partial charge in [-0.2, -0.15) is 0 Å². The van der Waals surface area contributed by atoms with E-state index < -0.39 is 0 Å². The van der Waals surface area contributed by atoms with Crippen LogP contribution in [0.4, 0.5) is 0 Å². The van der Waals surface area contributed by atoms with Gasteiger partial charge in [0, 0.05) is 12.6 Å². The third kappa shape index (κ3) is 3.44. The van der Waals surface area contributed by atoms with Crippen LogP contribution in [0, 0.1) is 5.41 Å². The van der Waals surface area contributed by atoms with Crippen molar-refractivity contribution in [2.24, 2.45) is 5.41 Å². The van der Waals surface area contributed by atoms with E-state index in [9.17, 15) is 4.79 Å². The number of hydrogen-bond acceptors (Lipinski definition) is 2. The summed E-state index contributed by atoms with van der Waals surface area (Å²) in [5.41, 5.74) is 0.516. The topological polar surface area (TPSA) is 41.1 Å². The largest absolute Gasteiger partial charge is 0.352 e. The Balaban J connectivity index is 1.67. The molecule has 0 heterocycles. The van der Waals surface area contributed by atoms with Crippen molar-refractivity contribution in [1.82, 2.24) is 10.6 Å². The molecule has 98 valence electrons. The molecule has 1 unspecified atom stereocenters. The molecule has 1 atom stereocenters. The highest BCUT2D eigenvalue weighted by atomic mass is 16.2. The van der Waals surface area contributed by atoms with Crippen LogP contribution in [-0.2, 0) is 4.79 Å². The first-order chi connectivity index (χ1) is 8.15. The van der Waals surface area contributed by atoms with E-state index >= 15 is 0 Å². The lowest BCUT2D eigenvalue weighted by atomic mass is 10.0. The second kappa shape index (κ2) is 5.38. The zero-order valence-corrected chi connectivity index (χ0v) is 11.2. The molecule has 2 aliphatic rings. The van der Waals surface area contributed by atoms with E-state index in [-0.39, 0.29) is 11.9 Å².